The topological polar surface area (TPSA) is 307 Å². The Bertz CT molecular complexity index is 4120. The standard InChI is InChI=1S/C20H32N2O3Si.C15H20N2O5S.C14H18N2O3.C10H23BrOSi.C10H10N2O2.CH3ClO2S/c1-8-24-19(23)16-9-10-17-13-22(21-18(17)11-16)12-15(2)14-25-26(6,7)20(3,4)5;1-4-21-15(18)12-5-6-13-8-16-17(14(13)7-12)9-11(2)10-22-23(3,19)20;1-3-19-14(18)11-4-5-12-8-16(7-10(2)9-17)15-13(12)6-11;1-9(7-11)8-12-13(5,6)10(2,3)4;1-2-14-10(13)7-3-4-8-6-11-12-9(8)5-7;1-5(2,3)4/h9-11,13,15H,8,12,14H2,1-7H3;5-8,11H,4,9-10H2,1-3H3;4-6,8,10,17H,3,7,9H2,1-2H3;9H,7-8H2,1-6H3;3-6H,2H2,1H3,(H,11,12);1H3/p+2/t15-;11-;10-;9-;;/m0000../s1. The smallest absolute Gasteiger partial charge is 0.338 e. The van der Waals surface area contributed by atoms with Crippen molar-refractivity contribution in [2.24, 2.45) is 23.7 Å². The first kappa shape index (κ1) is 87.8. The van der Waals surface area contributed by atoms with Crippen LogP contribution in [0.15, 0.2) is 97.6 Å². The lowest BCUT2D eigenvalue weighted by Gasteiger charge is -2.36. The quantitative estimate of drug-likeness (QED) is 0.00786. The third kappa shape index (κ3) is 30.6. The molecule has 0 unspecified atom stereocenters. The third-order valence-corrected chi connectivity index (χ3v) is 26.7. The minimum absolute atomic E-state index is 0.0564. The predicted octanol–water partition coefficient (Wildman–Crippen LogP) is 13.3. The molecule has 0 aliphatic heterocycles. The van der Waals surface area contributed by atoms with Crippen LogP contribution in [0.25, 0.3) is 43.6 Å². The molecule has 4 heterocycles. The Labute approximate surface area is 605 Å². The fraction of sp³-hybridized carbons (Fsp3) is 0.543. The number of nitrogens with one attached hydrogen (secondary N) is 3. The Morgan fingerprint density at radius 1 is 0.570 bits per heavy atom. The maximum absolute atomic E-state index is 11.9. The van der Waals surface area contributed by atoms with Crippen LogP contribution in [0.5, 0.6) is 0 Å². The van der Waals surface area contributed by atoms with Gasteiger partial charge in [-0.15, -0.1) is 9.36 Å². The number of carbonyl (C=O) groups excluding carboxylic acids is 4. The highest BCUT2D eigenvalue weighted by molar-refractivity contribution is 9.09. The molecule has 0 saturated heterocycles. The first-order chi connectivity index (χ1) is 46.5. The first-order valence-corrected chi connectivity index (χ1v) is 44.8. The SMILES string of the molecule is CCOC(=O)c1ccc2c[n+](C[C@H](C)CO)[nH]c2c1.CCOC(=O)c1ccc2c[n+](C[C@H](C)CO[Si](C)(C)C(C)(C)C)[nH]c2c1.CCOC(=O)c1ccc2cn[nH]c2c1.CCOC(=O)c1ccc2cnn(C[C@H](C)COS(C)(=O)=O)c2c1.CS(=O)(=O)Cl.C[C@@H](CBr)CO[Si](C)(C)C(C)(C)C. The second kappa shape index (κ2) is 40.4. The number of benzene rings is 4. The van der Waals surface area contributed by atoms with Crippen molar-refractivity contribution in [2.75, 3.05) is 70.7 Å². The number of aromatic nitrogens is 8. The van der Waals surface area contributed by atoms with E-state index in [2.05, 4.69) is 145 Å². The van der Waals surface area contributed by atoms with Gasteiger partial charge in [-0.1, -0.05) is 97.3 Å². The molecular formula is C70H108BrClN8O16S2Si2+2. The summed E-state index contributed by atoms with van der Waals surface area (Å²) in [4.78, 5) is 46.7. The van der Waals surface area contributed by atoms with Gasteiger partial charge in [-0.05, 0) is 131 Å². The van der Waals surface area contributed by atoms with E-state index >= 15 is 0 Å². The van der Waals surface area contributed by atoms with Gasteiger partial charge in [-0.3, -0.25) is 14.0 Å². The largest absolute Gasteiger partial charge is 0.462 e. The van der Waals surface area contributed by atoms with Crippen LogP contribution in [0.1, 0.15) is 138 Å². The van der Waals surface area contributed by atoms with Gasteiger partial charge >= 0.3 is 23.9 Å². The molecule has 4 atom stereocenters. The summed E-state index contributed by atoms with van der Waals surface area (Å²) < 4.78 is 83.7. The molecule has 100 heavy (non-hydrogen) atoms. The van der Waals surface area contributed by atoms with Gasteiger partial charge in [-0.2, -0.15) is 28.8 Å². The van der Waals surface area contributed by atoms with Gasteiger partial charge in [0.05, 0.1) is 109 Å². The molecule has 0 radical (unpaired) electrons. The van der Waals surface area contributed by atoms with Crippen molar-refractivity contribution in [3.05, 3.63) is 120 Å². The number of esters is 4. The number of nitrogens with zero attached hydrogens (tertiary/aromatic N) is 5. The summed E-state index contributed by atoms with van der Waals surface area (Å²) >= 11 is 3.47. The number of ether oxygens (including phenoxy) is 4. The summed E-state index contributed by atoms with van der Waals surface area (Å²) in [6.07, 6.45) is 9.41. The lowest BCUT2D eigenvalue weighted by molar-refractivity contribution is -0.753. The highest BCUT2D eigenvalue weighted by Gasteiger charge is 2.38. The molecule has 4 aromatic heterocycles. The number of carbonyl (C=O) groups is 4. The van der Waals surface area contributed by atoms with Crippen molar-refractivity contribution in [1.29, 1.82) is 0 Å². The van der Waals surface area contributed by atoms with Crippen LogP contribution in [0.2, 0.25) is 36.3 Å². The third-order valence-electron chi connectivity index (χ3n) is 16.1. The van der Waals surface area contributed by atoms with E-state index in [-0.39, 0.29) is 54.0 Å². The van der Waals surface area contributed by atoms with E-state index in [1.54, 1.807) is 74.2 Å². The van der Waals surface area contributed by atoms with Crippen LogP contribution in [-0.4, -0.2) is 163 Å². The summed E-state index contributed by atoms with van der Waals surface area (Å²) in [6.45, 7) is 43.5. The monoisotopic (exact) mass is 1550 g/mol. The van der Waals surface area contributed by atoms with E-state index in [9.17, 15) is 36.0 Å². The Morgan fingerprint density at radius 3 is 1.34 bits per heavy atom. The molecule has 8 rings (SSSR count). The zero-order valence-corrected chi connectivity index (χ0v) is 67.9. The highest BCUT2D eigenvalue weighted by Crippen LogP contribution is 2.38. The Balaban J connectivity index is 0.000000326. The second-order valence-corrected chi connectivity index (χ2v) is 42.6. The fourth-order valence-electron chi connectivity index (χ4n) is 8.50. The minimum Gasteiger partial charge on any atom is -0.462 e. The number of aliphatic hydroxyl groups is 1. The second-order valence-electron chi connectivity index (χ2n) is 27.6. The molecule has 0 aliphatic rings. The van der Waals surface area contributed by atoms with E-state index in [0.717, 1.165) is 81.2 Å². The molecule has 24 nitrogen and oxygen atoms in total. The number of fused-ring (bicyclic) bond motifs is 4. The number of hydrogen-bond acceptors (Lipinski definition) is 18. The summed E-state index contributed by atoms with van der Waals surface area (Å²) in [6, 6.07) is 21.6. The summed E-state index contributed by atoms with van der Waals surface area (Å²) in [5, 5.41) is 32.1. The summed E-state index contributed by atoms with van der Waals surface area (Å²) in [5.74, 6) is -0.136. The molecular weight excluding hydrogens is 1440 g/mol. The van der Waals surface area contributed by atoms with Crippen molar-refractivity contribution >= 4 is 130 Å². The van der Waals surface area contributed by atoms with Crippen LogP contribution in [-0.2, 0) is 70.8 Å². The van der Waals surface area contributed by atoms with E-state index in [1.165, 1.54) is 0 Å². The van der Waals surface area contributed by atoms with Crippen LogP contribution in [0.3, 0.4) is 0 Å². The van der Waals surface area contributed by atoms with Gasteiger partial charge < -0.3 is 32.9 Å². The number of rotatable bonds is 25. The maximum atomic E-state index is 11.9. The fourth-order valence-corrected chi connectivity index (χ4v) is 11.4. The van der Waals surface area contributed by atoms with Crippen molar-refractivity contribution in [3.8, 4) is 0 Å². The maximum Gasteiger partial charge on any atom is 0.338 e. The Morgan fingerprint density at radius 2 is 0.950 bits per heavy atom. The first-order valence-electron chi connectivity index (χ1n) is 33.3. The average Bonchev–Trinajstić information content (AvgIpc) is 1.64. The highest BCUT2D eigenvalue weighted by atomic mass is 79.9. The van der Waals surface area contributed by atoms with Crippen LogP contribution >= 0.6 is 26.6 Å². The lowest BCUT2D eigenvalue weighted by atomic mass is 10.1. The van der Waals surface area contributed by atoms with Crippen molar-refractivity contribution in [2.45, 2.75) is 153 Å². The van der Waals surface area contributed by atoms with Crippen LogP contribution < -0.4 is 9.36 Å². The molecule has 0 aliphatic carbocycles. The summed E-state index contributed by atoms with van der Waals surface area (Å²) in [7, 11) is -5.37. The molecule has 0 fully saturated rings. The van der Waals surface area contributed by atoms with E-state index in [0.29, 0.717) is 78.6 Å². The molecule has 4 N–H and O–H groups in total. The van der Waals surface area contributed by atoms with Crippen LogP contribution in [0.4, 0.5) is 0 Å². The van der Waals surface area contributed by atoms with Gasteiger partial charge in [0, 0.05) is 64.3 Å². The number of hydrogen-bond donors (Lipinski definition) is 4. The molecule has 0 spiro atoms. The van der Waals surface area contributed by atoms with E-state index in [4.69, 9.17) is 37.1 Å². The molecule has 4 aromatic carbocycles. The van der Waals surface area contributed by atoms with Gasteiger partial charge in [0.25, 0.3) is 10.1 Å². The van der Waals surface area contributed by atoms with Gasteiger partial charge in [0.1, 0.15) is 11.0 Å². The van der Waals surface area contributed by atoms with Crippen LogP contribution in [0, 0.1) is 23.7 Å². The molecule has 556 valence electrons. The number of halogens is 2. The number of alkyl halides is 1. The summed E-state index contributed by atoms with van der Waals surface area (Å²) in [5.41, 5.74) is 5.58. The van der Waals surface area contributed by atoms with Crippen molar-refractivity contribution < 1.29 is 82.5 Å². The Kier molecular flexibility index (Phi) is 35.5. The predicted molar refractivity (Wildman–Crippen MR) is 402 cm³/mol. The van der Waals surface area contributed by atoms with E-state index < -0.39 is 35.8 Å². The van der Waals surface area contributed by atoms with Gasteiger partial charge in [-0.25, -0.2) is 27.6 Å². The zero-order chi connectivity index (χ0) is 75.6. The molecule has 8 aromatic rings. The molecule has 30 heteroatoms. The number of H-pyrrole nitrogens is 3. The molecule has 0 amide bonds. The van der Waals surface area contributed by atoms with Crippen molar-refractivity contribution in [1.82, 2.24) is 30.2 Å². The average molecular weight is 1550 g/mol. The number of aromatic amines is 3. The Hall–Kier alpha value is -6.42. The van der Waals surface area contributed by atoms with Gasteiger partial charge in [0.15, 0.2) is 29.7 Å². The van der Waals surface area contributed by atoms with E-state index in [1.807, 2.05) is 68.0 Å². The van der Waals surface area contributed by atoms with Crippen molar-refractivity contribution in [3.63, 3.8) is 0 Å². The molecule has 0 bridgehead atoms. The lowest BCUT2D eigenvalue weighted by Crippen LogP contribution is -2.44. The zero-order valence-electron chi connectivity index (χ0n) is 61.9. The van der Waals surface area contributed by atoms with Gasteiger partial charge in [0.2, 0.25) is 21.4 Å². The number of aliphatic hydroxyl groups excluding tert-OH is 1. The minimum atomic E-state index is -3.46. The molecule has 0 saturated carbocycles. The normalized spacial score (nSPS) is 13.1.